The quantitative estimate of drug-likeness (QED) is 0.0915. The highest BCUT2D eigenvalue weighted by atomic mass is 16.4. The van der Waals surface area contributed by atoms with E-state index in [2.05, 4.69) is 21.0 Å². The molecular formula is C27H56NO3+. The van der Waals surface area contributed by atoms with Gasteiger partial charge in [0.15, 0.2) is 6.23 Å². The van der Waals surface area contributed by atoms with Crippen molar-refractivity contribution in [2.24, 2.45) is 0 Å². The fourth-order valence-corrected chi connectivity index (χ4v) is 4.35. The summed E-state index contributed by atoms with van der Waals surface area (Å²) < 4.78 is 0.729. The van der Waals surface area contributed by atoms with Gasteiger partial charge in [0.25, 0.3) is 0 Å². The molecule has 0 aromatic carbocycles. The summed E-state index contributed by atoms with van der Waals surface area (Å²) in [6.45, 7) is 3.33. The molecule has 0 amide bonds. The molecule has 0 saturated heterocycles. The summed E-state index contributed by atoms with van der Waals surface area (Å²) in [6.07, 6.45) is 25.1. The predicted molar refractivity (Wildman–Crippen MR) is 133 cm³/mol. The van der Waals surface area contributed by atoms with Crippen molar-refractivity contribution in [3.05, 3.63) is 0 Å². The van der Waals surface area contributed by atoms with Crippen molar-refractivity contribution in [2.75, 3.05) is 20.6 Å². The largest absolute Gasteiger partial charge is 0.481 e. The van der Waals surface area contributed by atoms with Gasteiger partial charge in [-0.15, -0.1) is 0 Å². The molecule has 186 valence electrons. The van der Waals surface area contributed by atoms with Crippen LogP contribution in [-0.2, 0) is 4.79 Å². The number of quaternary nitrogens is 1. The minimum absolute atomic E-state index is 0.229. The molecule has 0 aromatic rings. The molecule has 1 atom stereocenters. The van der Waals surface area contributed by atoms with Crippen molar-refractivity contribution < 1.29 is 19.5 Å². The highest BCUT2D eigenvalue weighted by molar-refractivity contribution is 5.66. The summed E-state index contributed by atoms with van der Waals surface area (Å²) in [5.74, 6) is -0.675. The van der Waals surface area contributed by atoms with Crippen molar-refractivity contribution in [3.8, 4) is 0 Å². The first-order valence-corrected chi connectivity index (χ1v) is 13.6. The molecule has 0 aliphatic carbocycles. The average molecular weight is 443 g/mol. The lowest BCUT2D eigenvalue weighted by Gasteiger charge is -2.35. The third-order valence-corrected chi connectivity index (χ3v) is 6.75. The number of hydrogen-bond donors (Lipinski definition) is 2. The maximum atomic E-state index is 10.6. The minimum Gasteiger partial charge on any atom is -0.481 e. The van der Waals surface area contributed by atoms with E-state index in [1.165, 1.54) is 96.3 Å². The first kappa shape index (κ1) is 30.4. The molecular weight excluding hydrogens is 386 g/mol. The number of hydrogen-bond acceptors (Lipinski definition) is 2. The van der Waals surface area contributed by atoms with Crippen LogP contribution in [-0.4, -0.2) is 47.5 Å². The molecule has 2 N–H and O–H groups in total. The summed E-state index contributed by atoms with van der Waals surface area (Å²) in [4.78, 5) is 10.5. The van der Waals surface area contributed by atoms with Crippen molar-refractivity contribution in [1.82, 2.24) is 0 Å². The summed E-state index contributed by atoms with van der Waals surface area (Å²) in [5.41, 5.74) is 0. The van der Waals surface area contributed by atoms with Gasteiger partial charge in [-0.1, -0.05) is 103 Å². The van der Waals surface area contributed by atoms with Gasteiger partial charge in [0.1, 0.15) is 0 Å². The highest BCUT2D eigenvalue weighted by Crippen LogP contribution is 2.17. The Labute approximate surface area is 194 Å². The number of aliphatic hydroxyl groups is 1. The van der Waals surface area contributed by atoms with Crippen LogP contribution in [0.15, 0.2) is 0 Å². The zero-order chi connectivity index (χ0) is 23.2. The lowest BCUT2D eigenvalue weighted by Crippen LogP contribution is -2.49. The SMILES string of the molecule is CCCCCCCCCCCCCC(O)[N+](C)(C)CCCCCCCCCCC(=O)O. The Morgan fingerprint density at radius 2 is 1.03 bits per heavy atom. The average Bonchev–Trinajstić information content (AvgIpc) is 2.72. The van der Waals surface area contributed by atoms with Gasteiger partial charge in [0.2, 0.25) is 0 Å². The van der Waals surface area contributed by atoms with Crippen molar-refractivity contribution >= 4 is 5.97 Å². The Morgan fingerprint density at radius 3 is 1.48 bits per heavy atom. The maximum Gasteiger partial charge on any atom is 0.303 e. The van der Waals surface area contributed by atoms with E-state index in [-0.39, 0.29) is 6.23 Å². The summed E-state index contributed by atoms with van der Waals surface area (Å²) in [5, 5.41) is 19.2. The third kappa shape index (κ3) is 21.0. The summed E-state index contributed by atoms with van der Waals surface area (Å²) in [7, 11) is 4.34. The number of unbranched alkanes of at least 4 members (excludes halogenated alkanes) is 17. The molecule has 0 heterocycles. The fourth-order valence-electron chi connectivity index (χ4n) is 4.35. The van der Waals surface area contributed by atoms with Gasteiger partial charge in [-0.25, -0.2) is 0 Å². The van der Waals surface area contributed by atoms with Crippen molar-refractivity contribution in [1.29, 1.82) is 0 Å². The summed E-state index contributed by atoms with van der Waals surface area (Å²) >= 11 is 0. The lowest BCUT2D eigenvalue weighted by molar-refractivity contribution is -0.937. The van der Waals surface area contributed by atoms with Crippen LogP contribution in [0.5, 0.6) is 0 Å². The Hall–Kier alpha value is -0.610. The van der Waals surface area contributed by atoms with Crippen LogP contribution in [0.3, 0.4) is 0 Å². The summed E-state index contributed by atoms with van der Waals surface area (Å²) in [6, 6.07) is 0. The first-order chi connectivity index (χ1) is 14.9. The van der Waals surface area contributed by atoms with Crippen LogP contribution < -0.4 is 0 Å². The minimum atomic E-state index is -0.675. The molecule has 0 aromatic heterocycles. The van der Waals surface area contributed by atoms with E-state index in [0.717, 1.165) is 43.1 Å². The predicted octanol–water partition coefficient (Wildman–Crippen LogP) is 7.68. The van der Waals surface area contributed by atoms with E-state index in [1.807, 2.05) is 0 Å². The van der Waals surface area contributed by atoms with Crippen LogP contribution in [0, 0.1) is 0 Å². The number of aliphatic carboxylic acids is 1. The molecule has 0 saturated carbocycles. The molecule has 0 bridgehead atoms. The van der Waals surface area contributed by atoms with E-state index in [4.69, 9.17) is 5.11 Å². The van der Waals surface area contributed by atoms with E-state index in [0.29, 0.717) is 6.42 Å². The maximum absolute atomic E-state index is 10.6. The Bertz CT molecular complexity index is 398. The van der Waals surface area contributed by atoms with Crippen LogP contribution in [0.25, 0.3) is 0 Å². The first-order valence-electron chi connectivity index (χ1n) is 13.6. The van der Waals surface area contributed by atoms with Gasteiger partial charge in [-0.05, 0) is 25.7 Å². The molecule has 0 aliphatic heterocycles. The van der Waals surface area contributed by atoms with Gasteiger partial charge in [-0.3, -0.25) is 4.79 Å². The second-order valence-corrected chi connectivity index (χ2v) is 10.3. The van der Waals surface area contributed by atoms with E-state index >= 15 is 0 Å². The van der Waals surface area contributed by atoms with Gasteiger partial charge >= 0.3 is 5.97 Å². The Balaban J connectivity index is 3.50. The molecule has 0 aliphatic rings. The molecule has 0 radical (unpaired) electrons. The zero-order valence-electron chi connectivity index (χ0n) is 21.4. The van der Waals surface area contributed by atoms with Crippen LogP contribution in [0.1, 0.15) is 142 Å². The monoisotopic (exact) mass is 442 g/mol. The van der Waals surface area contributed by atoms with Gasteiger partial charge in [0, 0.05) is 12.8 Å². The lowest BCUT2D eigenvalue weighted by atomic mass is 10.0. The van der Waals surface area contributed by atoms with Gasteiger partial charge < -0.3 is 14.7 Å². The molecule has 0 rings (SSSR count). The van der Waals surface area contributed by atoms with Crippen LogP contribution >= 0.6 is 0 Å². The number of rotatable bonds is 24. The second kappa shape index (κ2) is 21.2. The Kier molecular flexibility index (Phi) is 20.8. The molecule has 0 fully saturated rings. The zero-order valence-corrected chi connectivity index (χ0v) is 21.4. The topological polar surface area (TPSA) is 57.5 Å². The Morgan fingerprint density at radius 1 is 0.645 bits per heavy atom. The van der Waals surface area contributed by atoms with Crippen molar-refractivity contribution in [3.63, 3.8) is 0 Å². The van der Waals surface area contributed by atoms with Crippen molar-refractivity contribution in [2.45, 2.75) is 148 Å². The molecule has 31 heavy (non-hydrogen) atoms. The van der Waals surface area contributed by atoms with E-state index < -0.39 is 5.97 Å². The number of aliphatic hydroxyl groups excluding tert-OH is 1. The van der Waals surface area contributed by atoms with Gasteiger partial charge in [0.05, 0.1) is 20.6 Å². The molecule has 1 unspecified atom stereocenters. The second-order valence-electron chi connectivity index (χ2n) is 10.3. The molecule has 4 nitrogen and oxygen atoms in total. The number of carbonyl (C=O) groups is 1. The number of nitrogens with zero attached hydrogens (tertiary/aromatic N) is 1. The van der Waals surface area contributed by atoms with E-state index in [1.54, 1.807) is 0 Å². The fraction of sp³-hybridized carbons (Fsp3) is 0.963. The number of carboxylic acid groups (broad SMARTS) is 1. The van der Waals surface area contributed by atoms with Gasteiger partial charge in [-0.2, -0.15) is 0 Å². The normalized spacial score (nSPS) is 12.9. The van der Waals surface area contributed by atoms with Crippen LogP contribution in [0.4, 0.5) is 0 Å². The smallest absolute Gasteiger partial charge is 0.303 e. The van der Waals surface area contributed by atoms with E-state index in [9.17, 15) is 9.90 Å². The number of carboxylic acids is 1. The molecule has 4 heteroatoms. The van der Waals surface area contributed by atoms with Crippen LogP contribution in [0.2, 0.25) is 0 Å². The highest BCUT2D eigenvalue weighted by Gasteiger charge is 2.24. The standard InChI is InChI=1S/C27H55NO3/c1-4-5-6-7-8-9-10-11-14-17-20-23-26(29)28(2,3)25-22-19-16-13-12-15-18-21-24-27(30)31/h26,29H,4-25H2,1-3H3/p+1. The molecule has 0 spiro atoms. The third-order valence-electron chi connectivity index (χ3n) is 6.75.